The van der Waals surface area contributed by atoms with Crippen LogP contribution >= 0.6 is 0 Å². The van der Waals surface area contributed by atoms with Crippen molar-refractivity contribution in [2.75, 3.05) is 5.32 Å². The molecule has 0 radical (unpaired) electrons. The molecule has 0 bridgehead atoms. The third kappa shape index (κ3) is 5.73. The lowest BCUT2D eigenvalue weighted by Crippen LogP contribution is -2.40. The van der Waals surface area contributed by atoms with Gasteiger partial charge in [0.2, 0.25) is 5.91 Å². The first-order valence-electron chi connectivity index (χ1n) is 8.39. The van der Waals surface area contributed by atoms with Crippen LogP contribution in [0.2, 0.25) is 0 Å². The van der Waals surface area contributed by atoms with Crippen LogP contribution in [0.1, 0.15) is 36.5 Å². The van der Waals surface area contributed by atoms with Gasteiger partial charge in [-0.1, -0.05) is 19.4 Å². The number of carbonyl (C=O) groups excluding carboxylic acids is 2. The van der Waals surface area contributed by atoms with Crippen molar-refractivity contribution in [3.63, 3.8) is 0 Å². The summed E-state index contributed by atoms with van der Waals surface area (Å²) in [6, 6.07) is 5.47. The van der Waals surface area contributed by atoms with Crippen LogP contribution in [-0.2, 0) is 16.1 Å². The molecule has 3 N–H and O–H groups in total. The molecule has 26 heavy (non-hydrogen) atoms. The Morgan fingerprint density at radius 3 is 2.77 bits per heavy atom. The molecule has 0 spiro atoms. The molecule has 138 valence electrons. The number of hydrogen-bond donors (Lipinski definition) is 3. The number of hydrogen-bond acceptors (Lipinski definition) is 4. The molecule has 2 amide bonds. The number of aliphatic carboxylic acids is 1. The lowest BCUT2D eigenvalue weighted by atomic mass is 10.1. The van der Waals surface area contributed by atoms with E-state index < -0.39 is 17.9 Å². The Balaban J connectivity index is 1.94. The van der Waals surface area contributed by atoms with Crippen molar-refractivity contribution in [3.8, 4) is 0 Å². The summed E-state index contributed by atoms with van der Waals surface area (Å²) in [5, 5.41) is 14.4. The van der Waals surface area contributed by atoms with Crippen LogP contribution in [-0.4, -0.2) is 38.5 Å². The smallest absolute Gasteiger partial charge is 0.326 e. The molecule has 2 rings (SSSR count). The van der Waals surface area contributed by atoms with Gasteiger partial charge in [-0.05, 0) is 24.6 Å². The maximum absolute atomic E-state index is 12.3. The Morgan fingerprint density at radius 1 is 1.31 bits per heavy atom. The van der Waals surface area contributed by atoms with Crippen LogP contribution in [0, 0.1) is 0 Å². The number of benzene rings is 1. The zero-order chi connectivity index (χ0) is 18.9. The molecule has 2 aromatic rings. The maximum Gasteiger partial charge on any atom is 0.326 e. The number of nitrogens with one attached hydrogen (secondary N) is 2. The number of aryl methyl sites for hydroxylation is 1. The molecule has 0 fully saturated rings. The SMILES string of the molecule is CCCC(NC(=O)c1cccc(NC(=O)CCn2ccnc2)c1)C(=O)O. The van der Waals surface area contributed by atoms with Crippen molar-refractivity contribution in [2.24, 2.45) is 0 Å². The molecule has 0 aliphatic rings. The number of amides is 2. The van der Waals surface area contributed by atoms with Gasteiger partial charge in [-0.3, -0.25) is 9.59 Å². The zero-order valence-corrected chi connectivity index (χ0v) is 14.5. The van der Waals surface area contributed by atoms with Crippen molar-refractivity contribution >= 4 is 23.5 Å². The normalized spacial score (nSPS) is 11.6. The van der Waals surface area contributed by atoms with Crippen LogP contribution in [0.25, 0.3) is 0 Å². The van der Waals surface area contributed by atoms with Crippen LogP contribution in [0.15, 0.2) is 43.0 Å². The molecule has 0 aliphatic heterocycles. The Morgan fingerprint density at radius 2 is 2.12 bits per heavy atom. The summed E-state index contributed by atoms with van der Waals surface area (Å²) < 4.78 is 1.79. The minimum Gasteiger partial charge on any atom is -0.480 e. The van der Waals surface area contributed by atoms with Gasteiger partial charge in [-0.25, -0.2) is 9.78 Å². The minimum atomic E-state index is -1.07. The zero-order valence-electron chi connectivity index (χ0n) is 14.5. The summed E-state index contributed by atoms with van der Waals surface area (Å²) in [6.07, 6.45) is 6.31. The topological polar surface area (TPSA) is 113 Å². The number of anilines is 1. The molecular formula is C18H22N4O4. The lowest BCUT2D eigenvalue weighted by molar-refractivity contribution is -0.139. The fraction of sp³-hybridized carbons (Fsp3) is 0.333. The summed E-state index contributed by atoms with van der Waals surface area (Å²) in [6.45, 7) is 2.35. The van der Waals surface area contributed by atoms with Gasteiger partial charge < -0.3 is 20.3 Å². The molecule has 1 heterocycles. The summed E-state index contributed by atoms with van der Waals surface area (Å²) in [4.78, 5) is 39.3. The molecule has 8 nitrogen and oxygen atoms in total. The molecule has 0 aliphatic carbocycles. The van der Waals surface area contributed by atoms with Gasteiger partial charge in [0.15, 0.2) is 0 Å². The second kappa shape index (κ2) is 9.36. The Hall–Kier alpha value is -3.16. The second-order valence-corrected chi connectivity index (χ2v) is 5.83. The van der Waals surface area contributed by atoms with Crippen LogP contribution < -0.4 is 10.6 Å². The summed E-state index contributed by atoms with van der Waals surface area (Å²) in [5.41, 5.74) is 0.774. The van der Waals surface area contributed by atoms with E-state index in [9.17, 15) is 14.4 Å². The molecule has 0 saturated carbocycles. The van der Waals surface area contributed by atoms with E-state index in [0.29, 0.717) is 30.6 Å². The van der Waals surface area contributed by atoms with Crippen LogP contribution in [0.4, 0.5) is 5.69 Å². The molecule has 1 aromatic carbocycles. The molecule has 1 unspecified atom stereocenters. The highest BCUT2D eigenvalue weighted by Crippen LogP contribution is 2.12. The lowest BCUT2D eigenvalue weighted by Gasteiger charge is -2.14. The number of aromatic nitrogens is 2. The average Bonchev–Trinajstić information content (AvgIpc) is 3.13. The van der Waals surface area contributed by atoms with E-state index in [1.165, 1.54) is 6.07 Å². The monoisotopic (exact) mass is 358 g/mol. The summed E-state index contributed by atoms with van der Waals surface area (Å²) >= 11 is 0. The van der Waals surface area contributed by atoms with Gasteiger partial charge in [0, 0.05) is 36.6 Å². The minimum absolute atomic E-state index is 0.189. The van der Waals surface area contributed by atoms with Crippen molar-refractivity contribution in [1.29, 1.82) is 0 Å². The van der Waals surface area contributed by atoms with Crippen molar-refractivity contribution in [3.05, 3.63) is 48.5 Å². The van der Waals surface area contributed by atoms with Crippen molar-refractivity contribution in [1.82, 2.24) is 14.9 Å². The van der Waals surface area contributed by atoms with E-state index in [1.807, 2.05) is 6.92 Å². The highest BCUT2D eigenvalue weighted by molar-refractivity contribution is 5.98. The summed E-state index contributed by atoms with van der Waals surface area (Å²) in [7, 11) is 0. The molecular weight excluding hydrogens is 336 g/mol. The Bertz CT molecular complexity index is 758. The van der Waals surface area contributed by atoms with E-state index in [-0.39, 0.29) is 12.3 Å². The third-order valence-corrected chi connectivity index (χ3v) is 3.75. The first-order valence-corrected chi connectivity index (χ1v) is 8.39. The number of carbonyl (C=O) groups is 3. The highest BCUT2D eigenvalue weighted by Gasteiger charge is 2.19. The molecule has 1 aromatic heterocycles. The van der Waals surface area contributed by atoms with E-state index in [1.54, 1.807) is 41.5 Å². The Labute approximate surface area is 151 Å². The van der Waals surface area contributed by atoms with Gasteiger partial charge >= 0.3 is 5.97 Å². The van der Waals surface area contributed by atoms with Gasteiger partial charge in [-0.15, -0.1) is 0 Å². The number of carboxylic acid groups (broad SMARTS) is 1. The quantitative estimate of drug-likeness (QED) is 0.633. The fourth-order valence-corrected chi connectivity index (χ4v) is 2.40. The van der Waals surface area contributed by atoms with Crippen LogP contribution in [0.3, 0.4) is 0 Å². The Kier molecular flexibility index (Phi) is 6.90. The predicted molar refractivity (Wildman–Crippen MR) is 95.7 cm³/mol. The highest BCUT2D eigenvalue weighted by atomic mass is 16.4. The van der Waals surface area contributed by atoms with Crippen LogP contribution in [0.5, 0.6) is 0 Å². The number of imidazole rings is 1. The van der Waals surface area contributed by atoms with E-state index in [0.717, 1.165) is 0 Å². The van der Waals surface area contributed by atoms with Gasteiger partial charge in [-0.2, -0.15) is 0 Å². The first-order chi connectivity index (χ1) is 12.5. The average molecular weight is 358 g/mol. The van der Waals surface area contributed by atoms with Gasteiger partial charge in [0.05, 0.1) is 6.33 Å². The molecule has 8 heteroatoms. The maximum atomic E-state index is 12.3. The van der Waals surface area contributed by atoms with E-state index in [4.69, 9.17) is 5.11 Å². The van der Waals surface area contributed by atoms with Gasteiger partial charge in [0.25, 0.3) is 5.91 Å². The largest absolute Gasteiger partial charge is 0.480 e. The van der Waals surface area contributed by atoms with Crippen molar-refractivity contribution < 1.29 is 19.5 Å². The standard InChI is InChI=1S/C18H22N4O4/c1-2-4-15(18(25)26)21-17(24)13-5-3-6-14(11-13)20-16(23)7-9-22-10-8-19-12-22/h3,5-6,8,10-12,15H,2,4,7,9H2,1H3,(H,20,23)(H,21,24)(H,25,26). The molecule has 0 saturated heterocycles. The number of rotatable bonds is 9. The van der Waals surface area contributed by atoms with Gasteiger partial charge in [0.1, 0.15) is 6.04 Å². The fourth-order valence-electron chi connectivity index (χ4n) is 2.40. The second-order valence-electron chi connectivity index (χ2n) is 5.83. The number of carboxylic acids is 1. The molecule has 1 atom stereocenters. The van der Waals surface area contributed by atoms with E-state index >= 15 is 0 Å². The third-order valence-electron chi connectivity index (χ3n) is 3.75. The predicted octanol–water partition coefficient (Wildman–Crippen LogP) is 1.90. The van der Waals surface area contributed by atoms with E-state index in [2.05, 4.69) is 15.6 Å². The number of nitrogens with zero attached hydrogens (tertiary/aromatic N) is 2. The summed E-state index contributed by atoms with van der Waals surface area (Å²) in [5.74, 6) is -1.74. The van der Waals surface area contributed by atoms with Crippen molar-refractivity contribution in [2.45, 2.75) is 38.8 Å². The first kappa shape index (κ1) is 19.2.